The Morgan fingerprint density at radius 3 is 2.18 bits per heavy atom. The van der Waals surface area contributed by atoms with Crippen molar-refractivity contribution in [1.82, 2.24) is 19.2 Å². The van der Waals surface area contributed by atoms with Crippen molar-refractivity contribution in [2.24, 2.45) is 0 Å². The first-order chi connectivity index (χ1) is 18.3. The van der Waals surface area contributed by atoms with E-state index in [-0.39, 0.29) is 4.90 Å². The number of rotatable bonds is 6. The van der Waals surface area contributed by atoms with Crippen molar-refractivity contribution >= 4 is 26.6 Å². The molecule has 4 aromatic rings. The van der Waals surface area contributed by atoms with Gasteiger partial charge in [-0.05, 0) is 48.9 Å². The molecule has 0 bridgehead atoms. The number of piperazine rings is 1. The lowest BCUT2D eigenvalue weighted by Gasteiger charge is -2.43. The number of aromatic amines is 1. The van der Waals surface area contributed by atoms with Crippen LogP contribution in [0.1, 0.15) is 5.69 Å². The molecule has 0 unspecified atom stereocenters. The van der Waals surface area contributed by atoms with Crippen molar-refractivity contribution < 1.29 is 13.2 Å². The molecular weight excluding hydrogens is 498 g/mol. The average molecular weight is 532 g/mol. The van der Waals surface area contributed by atoms with Crippen LogP contribution in [0, 0.1) is 6.92 Å². The summed E-state index contributed by atoms with van der Waals surface area (Å²) in [6, 6.07) is 20.4. The fraction of sp³-hybridized carbons (Fsp3) is 0.345. The van der Waals surface area contributed by atoms with Crippen molar-refractivity contribution in [1.29, 1.82) is 0 Å². The number of hydrogen-bond donors (Lipinski definition) is 1. The van der Waals surface area contributed by atoms with Gasteiger partial charge in [0.25, 0.3) is 0 Å². The smallest absolute Gasteiger partial charge is 0.242 e. The molecule has 198 valence electrons. The quantitative estimate of drug-likeness (QED) is 0.406. The van der Waals surface area contributed by atoms with E-state index >= 15 is 0 Å². The maximum Gasteiger partial charge on any atom is 0.242 e. The van der Waals surface area contributed by atoms with Gasteiger partial charge >= 0.3 is 0 Å². The molecule has 0 saturated carbocycles. The Bertz CT molecular complexity index is 1550. The van der Waals surface area contributed by atoms with Crippen molar-refractivity contribution in [3.63, 3.8) is 0 Å². The third kappa shape index (κ3) is 4.60. The van der Waals surface area contributed by atoms with Crippen LogP contribution in [-0.4, -0.2) is 87.1 Å². The lowest BCUT2D eigenvalue weighted by molar-refractivity contribution is -0.0660. The minimum Gasteiger partial charge on any atom is -0.378 e. The number of aromatic nitrogens is 2. The van der Waals surface area contributed by atoms with Gasteiger partial charge in [-0.25, -0.2) is 12.7 Å². The number of sulfonamides is 1. The summed E-state index contributed by atoms with van der Waals surface area (Å²) in [5, 5.41) is 1.06. The molecule has 0 radical (unpaired) electrons. The monoisotopic (exact) mass is 531 g/mol. The Morgan fingerprint density at radius 2 is 1.58 bits per heavy atom. The highest BCUT2D eigenvalue weighted by atomic mass is 32.2. The van der Waals surface area contributed by atoms with Crippen LogP contribution < -0.4 is 4.90 Å². The first kappa shape index (κ1) is 25.1. The van der Waals surface area contributed by atoms with Crippen LogP contribution in [0.5, 0.6) is 0 Å². The van der Waals surface area contributed by atoms with Crippen molar-refractivity contribution in [3.05, 3.63) is 66.4 Å². The Morgan fingerprint density at radius 1 is 0.921 bits per heavy atom. The first-order valence-corrected chi connectivity index (χ1v) is 14.4. The number of pyridine rings is 1. The Kier molecular flexibility index (Phi) is 6.47. The Balaban J connectivity index is 1.21. The van der Waals surface area contributed by atoms with E-state index in [9.17, 15) is 8.42 Å². The van der Waals surface area contributed by atoms with Crippen LogP contribution in [-0.2, 0) is 14.8 Å². The van der Waals surface area contributed by atoms with Gasteiger partial charge in [0.15, 0.2) is 0 Å². The molecule has 0 amide bonds. The molecule has 0 spiro atoms. The Hall–Kier alpha value is -3.24. The zero-order chi connectivity index (χ0) is 26.4. The van der Waals surface area contributed by atoms with Gasteiger partial charge in [-0.3, -0.25) is 9.88 Å². The normalized spacial score (nSPS) is 17.3. The fourth-order valence-electron chi connectivity index (χ4n) is 5.24. The zero-order valence-electron chi connectivity index (χ0n) is 22.0. The fourth-order valence-corrected chi connectivity index (χ4v) is 6.14. The van der Waals surface area contributed by atoms with Crippen LogP contribution in [0.15, 0.2) is 65.6 Å². The molecule has 9 heteroatoms. The Labute approximate surface area is 223 Å². The number of nitrogens with zero attached hydrogens (tertiary/aromatic N) is 4. The minimum absolute atomic E-state index is 0.279. The molecule has 2 fully saturated rings. The molecular formula is C29H33N5O3S. The topological polar surface area (TPSA) is 81.8 Å². The van der Waals surface area contributed by atoms with E-state index in [0.29, 0.717) is 6.04 Å². The van der Waals surface area contributed by atoms with Crippen LogP contribution in [0.4, 0.5) is 5.69 Å². The highest BCUT2D eigenvalue weighted by Gasteiger charge is 2.28. The average Bonchev–Trinajstić information content (AvgIpc) is 3.33. The predicted molar refractivity (Wildman–Crippen MR) is 151 cm³/mol. The van der Waals surface area contributed by atoms with Gasteiger partial charge in [0, 0.05) is 73.8 Å². The first-order valence-electron chi connectivity index (χ1n) is 13.0. The molecule has 0 atom stereocenters. The number of anilines is 1. The molecule has 2 aliphatic heterocycles. The number of fused-ring (bicyclic) bond motifs is 1. The number of nitrogens with one attached hydrogen (secondary N) is 1. The number of hydrogen-bond acceptors (Lipinski definition) is 6. The van der Waals surface area contributed by atoms with E-state index in [4.69, 9.17) is 9.72 Å². The van der Waals surface area contributed by atoms with Crippen molar-refractivity contribution in [2.75, 3.05) is 58.4 Å². The molecule has 4 heterocycles. The van der Waals surface area contributed by atoms with Gasteiger partial charge in [0.05, 0.1) is 29.8 Å². The van der Waals surface area contributed by atoms with Crippen molar-refractivity contribution in [3.8, 4) is 22.5 Å². The molecule has 38 heavy (non-hydrogen) atoms. The molecule has 2 aliphatic rings. The van der Waals surface area contributed by atoms with E-state index in [0.717, 1.165) is 78.5 Å². The highest BCUT2D eigenvalue weighted by Crippen LogP contribution is 2.31. The summed E-state index contributed by atoms with van der Waals surface area (Å²) in [6.45, 7) is 8.01. The number of H-pyrrole nitrogens is 1. The standard InChI is InChI=1S/C29H33N5O3S/c1-20-26-16-27(22-6-10-25(11-7-22)38(35,36)32(2)3)31-29(26)17-28(30-20)21-4-8-23(9-5-21)33-12-14-34(15-13-33)24-18-37-19-24/h4-11,16-17,24,31H,12-15,18-19H2,1-3H3. The van der Waals surface area contributed by atoms with Crippen LogP contribution in [0.3, 0.4) is 0 Å². The van der Waals surface area contributed by atoms with E-state index in [1.54, 1.807) is 12.1 Å². The molecule has 6 rings (SSSR count). The second-order valence-corrected chi connectivity index (χ2v) is 12.5. The number of benzene rings is 2. The summed E-state index contributed by atoms with van der Waals surface area (Å²) in [7, 11) is -0.382. The molecule has 2 aromatic carbocycles. The van der Waals surface area contributed by atoms with Gasteiger partial charge in [-0.1, -0.05) is 24.3 Å². The van der Waals surface area contributed by atoms with Gasteiger partial charge in [0.1, 0.15) is 0 Å². The van der Waals surface area contributed by atoms with Crippen molar-refractivity contribution in [2.45, 2.75) is 17.9 Å². The van der Waals surface area contributed by atoms with Gasteiger partial charge in [-0.15, -0.1) is 0 Å². The maximum atomic E-state index is 12.4. The van der Waals surface area contributed by atoms with Gasteiger partial charge < -0.3 is 14.6 Å². The van der Waals surface area contributed by atoms with E-state index in [2.05, 4.69) is 51.2 Å². The lowest BCUT2D eigenvalue weighted by Crippen LogP contribution is -2.56. The van der Waals surface area contributed by atoms with E-state index < -0.39 is 10.0 Å². The van der Waals surface area contributed by atoms with Crippen LogP contribution in [0.2, 0.25) is 0 Å². The maximum absolute atomic E-state index is 12.4. The number of ether oxygens (including phenoxy) is 1. The van der Waals surface area contributed by atoms with E-state index in [1.165, 1.54) is 24.1 Å². The minimum atomic E-state index is -3.46. The van der Waals surface area contributed by atoms with E-state index in [1.807, 2.05) is 19.1 Å². The third-order valence-corrected chi connectivity index (χ3v) is 9.56. The summed E-state index contributed by atoms with van der Waals surface area (Å²) in [5.74, 6) is 0. The highest BCUT2D eigenvalue weighted by molar-refractivity contribution is 7.89. The second-order valence-electron chi connectivity index (χ2n) is 10.3. The molecule has 2 saturated heterocycles. The van der Waals surface area contributed by atoms with Crippen LogP contribution >= 0.6 is 0 Å². The van der Waals surface area contributed by atoms with Gasteiger partial charge in [-0.2, -0.15) is 0 Å². The summed E-state index contributed by atoms with van der Waals surface area (Å²) < 4.78 is 31.4. The molecule has 8 nitrogen and oxygen atoms in total. The summed E-state index contributed by atoms with van der Waals surface area (Å²) in [5.41, 5.74) is 7.07. The van der Waals surface area contributed by atoms with Gasteiger partial charge in [0.2, 0.25) is 10.0 Å². The largest absolute Gasteiger partial charge is 0.378 e. The summed E-state index contributed by atoms with van der Waals surface area (Å²) in [6.07, 6.45) is 0. The second kappa shape index (κ2) is 9.81. The summed E-state index contributed by atoms with van der Waals surface area (Å²) in [4.78, 5) is 13.7. The predicted octanol–water partition coefficient (Wildman–Crippen LogP) is 3.98. The third-order valence-electron chi connectivity index (χ3n) is 7.73. The SMILES string of the molecule is Cc1nc(-c2ccc(N3CCN(C4COC4)CC3)cc2)cc2[nH]c(-c3ccc(S(=O)(=O)N(C)C)cc3)cc12. The lowest BCUT2D eigenvalue weighted by atomic mass is 10.1. The number of aryl methyl sites for hydroxylation is 1. The summed E-state index contributed by atoms with van der Waals surface area (Å²) >= 11 is 0. The molecule has 0 aliphatic carbocycles. The van der Waals surface area contributed by atoms with Crippen LogP contribution in [0.25, 0.3) is 33.4 Å². The molecule has 1 N–H and O–H groups in total. The zero-order valence-corrected chi connectivity index (χ0v) is 22.8. The molecule has 2 aromatic heterocycles.